The topological polar surface area (TPSA) is 119 Å². The van der Waals surface area contributed by atoms with Crippen molar-refractivity contribution in [2.45, 2.75) is 25.2 Å². The number of nitrogens with zero attached hydrogens (tertiary/aromatic N) is 2. The number of rotatable bonds is 6. The molecule has 160 valence electrons. The molecule has 9 nitrogen and oxygen atoms in total. The van der Waals surface area contributed by atoms with Crippen LogP contribution in [0.5, 0.6) is 0 Å². The predicted molar refractivity (Wildman–Crippen MR) is 111 cm³/mol. The lowest BCUT2D eigenvalue weighted by atomic mass is 10.1. The summed E-state index contributed by atoms with van der Waals surface area (Å²) in [6.45, 7) is 4.56. The molecule has 0 saturated carbocycles. The van der Waals surface area contributed by atoms with Gasteiger partial charge >= 0.3 is 0 Å². The van der Waals surface area contributed by atoms with Gasteiger partial charge in [-0.1, -0.05) is 19.1 Å². The Morgan fingerprint density at radius 2 is 1.93 bits per heavy atom. The molecule has 2 aromatic carbocycles. The van der Waals surface area contributed by atoms with Crippen molar-refractivity contribution in [3.8, 4) is 0 Å². The Balaban J connectivity index is 1.94. The lowest BCUT2D eigenvalue weighted by molar-refractivity contribution is -0.385. The predicted octanol–water partition coefficient (Wildman–Crippen LogP) is 2.74. The molecule has 0 atom stereocenters. The first-order valence-corrected chi connectivity index (χ1v) is 11.0. The summed E-state index contributed by atoms with van der Waals surface area (Å²) in [4.78, 5) is 23.5. The molecule has 1 aliphatic rings. The van der Waals surface area contributed by atoms with Crippen LogP contribution in [0.25, 0.3) is 0 Å². The molecule has 0 unspecified atom stereocenters. The molecule has 1 fully saturated rings. The average Bonchev–Trinajstić information content (AvgIpc) is 2.75. The summed E-state index contributed by atoms with van der Waals surface area (Å²) < 4.78 is 32.9. The molecule has 1 aliphatic heterocycles. The standard InChI is InChI=1S/C20H23N3O6S/c1-3-15-7-8-16(13-19(15)30(27,28)22-9-11-29-12-10-22)20(24)21-17-5-4-6-18(14(17)2)23(25)26/h4-8,13H,3,9-12H2,1-2H3,(H,21,24). The van der Waals surface area contributed by atoms with Crippen LogP contribution in [-0.4, -0.2) is 49.9 Å². The van der Waals surface area contributed by atoms with Crippen molar-refractivity contribution in [2.75, 3.05) is 31.6 Å². The number of nitrogens with one attached hydrogen (secondary N) is 1. The molecule has 2 aromatic rings. The Morgan fingerprint density at radius 1 is 1.23 bits per heavy atom. The number of nitro benzene ring substituents is 1. The first kappa shape index (κ1) is 21.9. The van der Waals surface area contributed by atoms with Crippen molar-refractivity contribution < 1.29 is 22.9 Å². The van der Waals surface area contributed by atoms with Crippen LogP contribution >= 0.6 is 0 Å². The third-order valence-corrected chi connectivity index (χ3v) is 7.03. The highest BCUT2D eigenvalue weighted by Crippen LogP contribution is 2.27. The van der Waals surface area contributed by atoms with Gasteiger partial charge in [0, 0.05) is 24.7 Å². The van der Waals surface area contributed by atoms with Crippen molar-refractivity contribution in [1.29, 1.82) is 0 Å². The number of nitro groups is 1. The van der Waals surface area contributed by atoms with Crippen LogP contribution in [0.4, 0.5) is 11.4 Å². The van der Waals surface area contributed by atoms with Crippen molar-refractivity contribution >= 4 is 27.3 Å². The van der Waals surface area contributed by atoms with Gasteiger partial charge in [-0.2, -0.15) is 4.31 Å². The summed E-state index contributed by atoms with van der Waals surface area (Å²) in [5.41, 5.74) is 1.28. The van der Waals surface area contributed by atoms with Crippen molar-refractivity contribution in [3.05, 3.63) is 63.2 Å². The van der Waals surface area contributed by atoms with E-state index in [0.717, 1.165) is 0 Å². The average molecular weight is 433 g/mol. The summed E-state index contributed by atoms with van der Waals surface area (Å²) in [6, 6.07) is 8.95. The molecule has 10 heteroatoms. The van der Waals surface area contributed by atoms with E-state index in [1.807, 2.05) is 6.92 Å². The second-order valence-electron chi connectivity index (χ2n) is 6.85. The molecule has 1 heterocycles. The van der Waals surface area contributed by atoms with Crippen LogP contribution in [-0.2, 0) is 21.2 Å². The third-order valence-electron chi connectivity index (χ3n) is 5.05. The molecule has 1 saturated heterocycles. The van der Waals surface area contributed by atoms with Crippen molar-refractivity contribution in [1.82, 2.24) is 4.31 Å². The highest BCUT2D eigenvalue weighted by atomic mass is 32.2. The summed E-state index contributed by atoms with van der Waals surface area (Å²) >= 11 is 0. The maximum Gasteiger partial charge on any atom is 0.274 e. The van der Waals surface area contributed by atoms with E-state index in [9.17, 15) is 23.3 Å². The first-order valence-electron chi connectivity index (χ1n) is 9.52. The minimum Gasteiger partial charge on any atom is -0.379 e. The second kappa shape index (κ2) is 8.90. The lowest BCUT2D eigenvalue weighted by Gasteiger charge is -2.27. The number of hydrogen-bond acceptors (Lipinski definition) is 6. The zero-order valence-corrected chi connectivity index (χ0v) is 17.6. The molecular formula is C20H23N3O6S. The van der Waals surface area contributed by atoms with Crippen LogP contribution in [0.3, 0.4) is 0 Å². The Hall–Kier alpha value is -2.82. The number of hydrogen-bond donors (Lipinski definition) is 1. The van der Waals surface area contributed by atoms with Crippen LogP contribution < -0.4 is 5.32 Å². The van der Waals surface area contributed by atoms with E-state index in [4.69, 9.17) is 4.74 Å². The van der Waals surface area contributed by atoms with Crippen molar-refractivity contribution in [3.63, 3.8) is 0 Å². The number of ether oxygens (including phenoxy) is 1. The smallest absolute Gasteiger partial charge is 0.274 e. The van der Waals surface area contributed by atoms with Gasteiger partial charge in [0.15, 0.2) is 0 Å². The summed E-state index contributed by atoms with van der Waals surface area (Å²) in [5, 5.41) is 13.8. The highest BCUT2D eigenvalue weighted by Gasteiger charge is 2.29. The summed E-state index contributed by atoms with van der Waals surface area (Å²) in [5.74, 6) is -0.542. The molecular weight excluding hydrogens is 410 g/mol. The maximum absolute atomic E-state index is 13.1. The van der Waals surface area contributed by atoms with E-state index < -0.39 is 20.9 Å². The number of carbonyl (C=O) groups is 1. The van der Waals surface area contributed by atoms with E-state index in [1.54, 1.807) is 25.1 Å². The number of benzene rings is 2. The van der Waals surface area contributed by atoms with Gasteiger partial charge in [0.1, 0.15) is 0 Å². The van der Waals surface area contributed by atoms with Gasteiger partial charge in [-0.25, -0.2) is 8.42 Å². The fraction of sp³-hybridized carbons (Fsp3) is 0.350. The Kier molecular flexibility index (Phi) is 6.49. The van der Waals surface area contributed by atoms with Crippen molar-refractivity contribution in [2.24, 2.45) is 0 Å². The van der Waals surface area contributed by atoms with Gasteiger partial charge < -0.3 is 10.1 Å². The summed E-state index contributed by atoms with van der Waals surface area (Å²) in [7, 11) is -3.78. The van der Waals surface area contributed by atoms with E-state index in [2.05, 4.69) is 5.32 Å². The van der Waals surface area contributed by atoms with Crippen LogP contribution in [0.15, 0.2) is 41.3 Å². The first-order chi connectivity index (χ1) is 14.3. The maximum atomic E-state index is 13.1. The molecule has 1 N–H and O–H groups in total. The molecule has 3 rings (SSSR count). The van der Waals surface area contributed by atoms with E-state index >= 15 is 0 Å². The number of sulfonamides is 1. The Morgan fingerprint density at radius 3 is 2.57 bits per heavy atom. The minimum atomic E-state index is -3.78. The summed E-state index contributed by atoms with van der Waals surface area (Å²) in [6.07, 6.45) is 0.491. The van der Waals surface area contributed by atoms with Crippen LogP contribution in [0.2, 0.25) is 0 Å². The van der Waals surface area contributed by atoms with E-state index in [0.29, 0.717) is 36.4 Å². The van der Waals surface area contributed by atoms with Gasteiger partial charge in [0.25, 0.3) is 11.6 Å². The van der Waals surface area contributed by atoms with Gasteiger partial charge in [0.05, 0.1) is 34.3 Å². The molecule has 0 bridgehead atoms. The third kappa shape index (κ3) is 4.35. The quantitative estimate of drug-likeness (QED) is 0.553. The van der Waals surface area contributed by atoms with E-state index in [1.165, 1.54) is 22.5 Å². The largest absolute Gasteiger partial charge is 0.379 e. The fourth-order valence-corrected chi connectivity index (χ4v) is 5.03. The molecule has 0 spiro atoms. The zero-order valence-electron chi connectivity index (χ0n) is 16.8. The van der Waals surface area contributed by atoms with Gasteiger partial charge in [-0.3, -0.25) is 14.9 Å². The zero-order chi connectivity index (χ0) is 21.9. The number of anilines is 1. The van der Waals surface area contributed by atoms with E-state index in [-0.39, 0.29) is 29.2 Å². The Labute approximate surface area is 174 Å². The van der Waals surface area contributed by atoms with Gasteiger partial charge in [0.2, 0.25) is 10.0 Å². The molecule has 0 radical (unpaired) electrons. The van der Waals surface area contributed by atoms with Crippen LogP contribution in [0, 0.1) is 17.0 Å². The molecule has 0 aliphatic carbocycles. The second-order valence-corrected chi connectivity index (χ2v) is 8.76. The molecule has 1 amide bonds. The van der Waals surface area contributed by atoms with Crippen LogP contribution in [0.1, 0.15) is 28.4 Å². The number of aryl methyl sites for hydroxylation is 1. The molecule has 0 aromatic heterocycles. The monoisotopic (exact) mass is 433 g/mol. The molecule has 30 heavy (non-hydrogen) atoms. The number of carbonyl (C=O) groups excluding carboxylic acids is 1. The SMILES string of the molecule is CCc1ccc(C(=O)Nc2cccc([N+](=O)[O-])c2C)cc1S(=O)(=O)N1CCOCC1. The minimum absolute atomic E-state index is 0.0929. The normalized spacial score (nSPS) is 15.0. The van der Waals surface area contributed by atoms with Gasteiger partial charge in [-0.15, -0.1) is 0 Å². The van der Waals surface area contributed by atoms with Gasteiger partial charge in [-0.05, 0) is 37.1 Å². The Bertz CT molecular complexity index is 1080. The number of morpholine rings is 1. The fourth-order valence-electron chi connectivity index (χ4n) is 3.31. The lowest BCUT2D eigenvalue weighted by Crippen LogP contribution is -2.41. The number of amides is 1. The highest BCUT2D eigenvalue weighted by molar-refractivity contribution is 7.89.